The van der Waals surface area contributed by atoms with Crippen LogP contribution in [0.3, 0.4) is 0 Å². The molecule has 0 amide bonds. The first kappa shape index (κ1) is 15.9. The van der Waals surface area contributed by atoms with Gasteiger partial charge in [0.1, 0.15) is 0 Å². The Bertz CT molecular complexity index is 233. The van der Waals surface area contributed by atoms with Gasteiger partial charge in [-0.25, -0.2) is 0 Å². The predicted molar refractivity (Wildman–Crippen MR) is 77.7 cm³/mol. The van der Waals surface area contributed by atoms with Gasteiger partial charge in [-0.2, -0.15) is 0 Å². The molecule has 1 saturated heterocycles. The topological polar surface area (TPSA) is 35.5 Å². The minimum atomic E-state index is 0.352. The number of rotatable bonds is 8. The Morgan fingerprint density at radius 1 is 1.44 bits per heavy atom. The molecule has 3 nitrogen and oxygen atoms in total. The van der Waals surface area contributed by atoms with Gasteiger partial charge in [0.15, 0.2) is 0 Å². The van der Waals surface area contributed by atoms with E-state index in [0.29, 0.717) is 17.9 Å². The van der Waals surface area contributed by atoms with Gasteiger partial charge >= 0.3 is 0 Å². The molecule has 0 bridgehead atoms. The molecule has 3 heteroatoms. The predicted octanol–water partition coefficient (Wildman–Crippen LogP) is 1.96. The first-order chi connectivity index (χ1) is 8.49. The van der Waals surface area contributed by atoms with Crippen molar-refractivity contribution in [3.05, 3.63) is 0 Å². The standard InChI is InChI=1S/C15H32N2O/c1-5-15(4,11-16-8-13(2)3)12-17-7-6-14(9-17)10-18/h13-14,16,18H,5-12H2,1-4H3. The zero-order chi connectivity index (χ0) is 13.6. The van der Waals surface area contributed by atoms with Crippen LogP contribution in [0, 0.1) is 17.3 Å². The molecule has 2 N–H and O–H groups in total. The van der Waals surface area contributed by atoms with Crippen LogP contribution in [0.25, 0.3) is 0 Å². The van der Waals surface area contributed by atoms with Crippen LogP contribution in [0.4, 0.5) is 0 Å². The molecule has 18 heavy (non-hydrogen) atoms. The average Bonchev–Trinajstić information content (AvgIpc) is 2.76. The van der Waals surface area contributed by atoms with Crippen molar-refractivity contribution in [2.45, 2.75) is 40.5 Å². The normalized spacial score (nSPS) is 24.7. The Morgan fingerprint density at radius 2 is 2.17 bits per heavy atom. The lowest BCUT2D eigenvalue weighted by Gasteiger charge is -2.33. The van der Waals surface area contributed by atoms with Gasteiger partial charge in [0.25, 0.3) is 0 Å². The summed E-state index contributed by atoms with van der Waals surface area (Å²) >= 11 is 0. The third-order valence-corrected chi connectivity index (χ3v) is 4.19. The second-order valence-electron chi connectivity index (χ2n) is 6.76. The lowest BCUT2D eigenvalue weighted by atomic mass is 9.86. The minimum absolute atomic E-state index is 0.352. The van der Waals surface area contributed by atoms with Gasteiger partial charge < -0.3 is 15.3 Å². The molecule has 0 aromatic carbocycles. The highest BCUT2D eigenvalue weighted by Gasteiger charge is 2.29. The summed E-state index contributed by atoms with van der Waals surface area (Å²) in [6, 6.07) is 0. The molecule has 1 fully saturated rings. The number of hydrogen-bond acceptors (Lipinski definition) is 3. The first-order valence-electron chi connectivity index (χ1n) is 7.53. The van der Waals surface area contributed by atoms with E-state index in [0.717, 1.165) is 45.1 Å². The van der Waals surface area contributed by atoms with Crippen molar-refractivity contribution in [2.24, 2.45) is 17.3 Å². The summed E-state index contributed by atoms with van der Waals surface area (Å²) in [7, 11) is 0. The van der Waals surface area contributed by atoms with E-state index in [2.05, 4.69) is 37.9 Å². The highest BCUT2D eigenvalue weighted by molar-refractivity contribution is 4.84. The molecule has 0 aromatic rings. The fourth-order valence-electron chi connectivity index (χ4n) is 2.70. The Balaban J connectivity index is 2.35. The molecule has 0 spiro atoms. The van der Waals surface area contributed by atoms with Crippen LogP contribution in [-0.4, -0.2) is 49.3 Å². The molecular weight excluding hydrogens is 224 g/mol. The lowest BCUT2D eigenvalue weighted by Crippen LogP contribution is -2.42. The molecule has 2 atom stereocenters. The van der Waals surface area contributed by atoms with Crippen LogP contribution in [0.1, 0.15) is 40.5 Å². The van der Waals surface area contributed by atoms with Crippen LogP contribution in [0.5, 0.6) is 0 Å². The molecular formula is C15H32N2O. The number of likely N-dealkylation sites (tertiary alicyclic amines) is 1. The second kappa shape index (κ2) is 7.46. The van der Waals surface area contributed by atoms with Gasteiger partial charge in [-0.3, -0.25) is 0 Å². The van der Waals surface area contributed by atoms with E-state index in [-0.39, 0.29) is 0 Å². The largest absolute Gasteiger partial charge is 0.396 e. The van der Waals surface area contributed by atoms with E-state index in [1.54, 1.807) is 0 Å². The number of nitrogens with one attached hydrogen (secondary N) is 1. The summed E-state index contributed by atoms with van der Waals surface area (Å²) in [6.07, 6.45) is 2.37. The van der Waals surface area contributed by atoms with Crippen LogP contribution in [-0.2, 0) is 0 Å². The van der Waals surface area contributed by atoms with Crippen molar-refractivity contribution < 1.29 is 5.11 Å². The van der Waals surface area contributed by atoms with E-state index in [4.69, 9.17) is 0 Å². The van der Waals surface area contributed by atoms with Crippen molar-refractivity contribution in [3.8, 4) is 0 Å². The summed E-state index contributed by atoms with van der Waals surface area (Å²) < 4.78 is 0. The smallest absolute Gasteiger partial charge is 0.0471 e. The van der Waals surface area contributed by atoms with Crippen molar-refractivity contribution in [1.82, 2.24) is 10.2 Å². The molecule has 1 rings (SSSR count). The minimum Gasteiger partial charge on any atom is -0.396 e. The second-order valence-corrected chi connectivity index (χ2v) is 6.76. The Morgan fingerprint density at radius 3 is 2.67 bits per heavy atom. The van der Waals surface area contributed by atoms with Crippen LogP contribution in [0.15, 0.2) is 0 Å². The highest BCUT2D eigenvalue weighted by atomic mass is 16.3. The molecule has 0 radical (unpaired) electrons. The number of nitrogens with zero attached hydrogens (tertiary/aromatic N) is 1. The number of aliphatic hydroxyl groups is 1. The summed E-state index contributed by atoms with van der Waals surface area (Å²) in [5.41, 5.74) is 0.360. The van der Waals surface area contributed by atoms with Gasteiger partial charge in [-0.05, 0) is 43.2 Å². The van der Waals surface area contributed by atoms with Gasteiger partial charge in [-0.15, -0.1) is 0 Å². The maximum Gasteiger partial charge on any atom is 0.0471 e. The van der Waals surface area contributed by atoms with Crippen molar-refractivity contribution >= 4 is 0 Å². The van der Waals surface area contributed by atoms with Gasteiger partial charge in [0.2, 0.25) is 0 Å². The monoisotopic (exact) mass is 256 g/mol. The van der Waals surface area contributed by atoms with Crippen LogP contribution >= 0.6 is 0 Å². The maximum absolute atomic E-state index is 9.20. The molecule has 0 aromatic heterocycles. The molecule has 1 aliphatic rings. The number of hydrogen-bond donors (Lipinski definition) is 2. The first-order valence-corrected chi connectivity index (χ1v) is 7.53. The molecule has 0 aliphatic carbocycles. The average molecular weight is 256 g/mol. The quantitative estimate of drug-likeness (QED) is 0.697. The van der Waals surface area contributed by atoms with Gasteiger partial charge in [0.05, 0.1) is 0 Å². The fraction of sp³-hybridized carbons (Fsp3) is 1.00. The van der Waals surface area contributed by atoms with E-state index in [1.807, 2.05) is 0 Å². The molecule has 2 unspecified atom stereocenters. The van der Waals surface area contributed by atoms with Crippen molar-refractivity contribution in [1.29, 1.82) is 0 Å². The zero-order valence-corrected chi connectivity index (χ0v) is 12.7. The Kier molecular flexibility index (Phi) is 6.61. The summed E-state index contributed by atoms with van der Waals surface area (Å²) in [4.78, 5) is 2.53. The van der Waals surface area contributed by atoms with E-state index < -0.39 is 0 Å². The van der Waals surface area contributed by atoms with Crippen molar-refractivity contribution in [3.63, 3.8) is 0 Å². The number of aliphatic hydroxyl groups excluding tert-OH is 1. The highest BCUT2D eigenvalue weighted by Crippen LogP contribution is 2.25. The third kappa shape index (κ3) is 5.25. The van der Waals surface area contributed by atoms with Crippen LogP contribution < -0.4 is 5.32 Å². The van der Waals surface area contributed by atoms with Crippen molar-refractivity contribution in [2.75, 3.05) is 39.3 Å². The maximum atomic E-state index is 9.20. The van der Waals surface area contributed by atoms with Crippen LogP contribution in [0.2, 0.25) is 0 Å². The molecule has 0 saturated carbocycles. The summed E-state index contributed by atoms with van der Waals surface area (Å²) in [6.45, 7) is 15.1. The van der Waals surface area contributed by atoms with E-state index in [9.17, 15) is 5.11 Å². The SMILES string of the molecule is CCC(C)(CNCC(C)C)CN1CCC(CO)C1. The fourth-order valence-corrected chi connectivity index (χ4v) is 2.70. The molecule has 1 heterocycles. The summed E-state index contributed by atoms with van der Waals surface area (Å²) in [5.74, 6) is 1.23. The zero-order valence-electron chi connectivity index (χ0n) is 12.7. The lowest BCUT2D eigenvalue weighted by molar-refractivity contribution is 0.164. The Hall–Kier alpha value is -0.120. The Labute approximate surface area is 113 Å². The van der Waals surface area contributed by atoms with E-state index >= 15 is 0 Å². The molecule has 108 valence electrons. The summed E-state index contributed by atoms with van der Waals surface area (Å²) in [5, 5.41) is 12.8. The molecule has 1 aliphatic heterocycles. The van der Waals surface area contributed by atoms with Gasteiger partial charge in [-0.1, -0.05) is 27.7 Å². The van der Waals surface area contributed by atoms with Gasteiger partial charge in [0, 0.05) is 26.2 Å². The van der Waals surface area contributed by atoms with E-state index in [1.165, 1.54) is 6.42 Å². The third-order valence-electron chi connectivity index (χ3n) is 4.19.